The van der Waals surface area contributed by atoms with Crippen LogP contribution in [0.15, 0.2) is 0 Å². The van der Waals surface area contributed by atoms with E-state index in [-0.39, 0.29) is 12.4 Å². The van der Waals surface area contributed by atoms with Crippen LogP contribution in [-0.4, -0.2) is 55.6 Å². The summed E-state index contributed by atoms with van der Waals surface area (Å²) >= 11 is 0. The molecule has 0 saturated carbocycles. The van der Waals surface area contributed by atoms with E-state index in [1.807, 2.05) is 20.8 Å². The topological polar surface area (TPSA) is 41.6 Å². The van der Waals surface area contributed by atoms with Crippen LogP contribution in [0.5, 0.6) is 0 Å². The molecule has 1 fully saturated rings. The first-order valence-electron chi connectivity index (χ1n) is 6.16. The second-order valence-electron chi connectivity index (χ2n) is 4.77. The zero-order chi connectivity index (χ0) is 12.0. The maximum Gasteiger partial charge on any atom is 0.178 e. The first kappa shape index (κ1) is 13.6. The van der Waals surface area contributed by atoms with Gasteiger partial charge in [0, 0.05) is 32.8 Å². The van der Waals surface area contributed by atoms with Crippen LogP contribution < -0.4 is 5.32 Å². The van der Waals surface area contributed by atoms with Crippen molar-refractivity contribution in [3.05, 3.63) is 0 Å². The number of ketones is 1. The number of carbonyl (C=O) groups excluding carboxylic acids is 1. The second kappa shape index (κ2) is 6.33. The SMILES string of the molecule is CCCOCC(=O)C(C)(C)N1CCNCC1. The van der Waals surface area contributed by atoms with Gasteiger partial charge in [0.15, 0.2) is 5.78 Å². The Bertz CT molecular complexity index is 223. The van der Waals surface area contributed by atoms with E-state index >= 15 is 0 Å². The lowest BCUT2D eigenvalue weighted by atomic mass is 9.96. The first-order valence-corrected chi connectivity index (χ1v) is 6.16. The van der Waals surface area contributed by atoms with E-state index in [2.05, 4.69) is 10.2 Å². The van der Waals surface area contributed by atoms with E-state index in [1.54, 1.807) is 0 Å². The molecule has 94 valence electrons. The molecule has 1 rings (SSSR count). The lowest BCUT2D eigenvalue weighted by Crippen LogP contribution is -2.57. The molecular formula is C12H24N2O2. The zero-order valence-corrected chi connectivity index (χ0v) is 10.7. The predicted molar refractivity (Wildman–Crippen MR) is 64.6 cm³/mol. The molecule has 0 unspecified atom stereocenters. The molecule has 0 amide bonds. The average molecular weight is 228 g/mol. The predicted octanol–water partition coefficient (Wildman–Crippen LogP) is 0.666. The Morgan fingerprint density at radius 2 is 2.00 bits per heavy atom. The highest BCUT2D eigenvalue weighted by molar-refractivity contribution is 5.88. The van der Waals surface area contributed by atoms with Gasteiger partial charge in [-0.25, -0.2) is 0 Å². The molecule has 1 N–H and O–H groups in total. The number of ether oxygens (including phenoxy) is 1. The monoisotopic (exact) mass is 228 g/mol. The fraction of sp³-hybridized carbons (Fsp3) is 0.917. The summed E-state index contributed by atoms with van der Waals surface area (Å²) < 4.78 is 5.33. The standard InChI is InChI=1S/C12H24N2O2/c1-4-9-16-10-11(15)12(2,3)14-7-5-13-6-8-14/h13H,4-10H2,1-3H3. The average Bonchev–Trinajstić information content (AvgIpc) is 2.30. The highest BCUT2D eigenvalue weighted by atomic mass is 16.5. The Kier molecular flexibility index (Phi) is 5.38. The molecule has 0 aromatic carbocycles. The highest BCUT2D eigenvalue weighted by Gasteiger charge is 2.34. The number of rotatable bonds is 6. The summed E-state index contributed by atoms with van der Waals surface area (Å²) in [4.78, 5) is 14.3. The molecule has 0 radical (unpaired) electrons. The van der Waals surface area contributed by atoms with Gasteiger partial charge in [0.1, 0.15) is 6.61 Å². The Morgan fingerprint density at radius 3 is 2.56 bits per heavy atom. The zero-order valence-electron chi connectivity index (χ0n) is 10.7. The fourth-order valence-corrected chi connectivity index (χ4v) is 1.89. The van der Waals surface area contributed by atoms with E-state index in [1.165, 1.54) is 0 Å². The summed E-state index contributed by atoms with van der Waals surface area (Å²) in [7, 11) is 0. The van der Waals surface area contributed by atoms with Gasteiger partial charge in [0.2, 0.25) is 0 Å². The van der Waals surface area contributed by atoms with Crippen LogP contribution in [0, 0.1) is 0 Å². The minimum absolute atomic E-state index is 0.183. The van der Waals surface area contributed by atoms with Crippen molar-refractivity contribution in [2.45, 2.75) is 32.7 Å². The summed E-state index contributed by atoms with van der Waals surface area (Å²) in [5.41, 5.74) is -0.393. The summed E-state index contributed by atoms with van der Waals surface area (Å²) in [6, 6.07) is 0. The van der Waals surface area contributed by atoms with Gasteiger partial charge in [-0.05, 0) is 20.3 Å². The van der Waals surface area contributed by atoms with Gasteiger partial charge < -0.3 is 10.1 Å². The number of carbonyl (C=O) groups is 1. The minimum atomic E-state index is -0.393. The van der Waals surface area contributed by atoms with E-state index in [0.29, 0.717) is 6.61 Å². The molecule has 4 heteroatoms. The van der Waals surface area contributed by atoms with Crippen molar-refractivity contribution in [3.8, 4) is 0 Å². The number of nitrogens with zero attached hydrogens (tertiary/aromatic N) is 1. The van der Waals surface area contributed by atoms with Crippen LogP contribution >= 0.6 is 0 Å². The van der Waals surface area contributed by atoms with Crippen molar-refractivity contribution >= 4 is 5.78 Å². The summed E-state index contributed by atoms with van der Waals surface area (Å²) in [5, 5.41) is 3.29. The third-order valence-electron chi connectivity index (χ3n) is 3.17. The summed E-state index contributed by atoms with van der Waals surface area (Å²) in [6.45, 7) is 10.8. The van der Waals surface area contributed by atoms with Crippen molar-refractivity contribution in [2.75, 3.05) is 39.4 Å². The van der Waals surface area contributed by atoms with Crippen LogP contribution in [0.25, 0.3) is 0 Å². The van der Waals surface area contributed by atoms with Gasteiger partial charge in [0.05, 0.1) is 5.54 Å². The van der Waals surface area contributed by atoms with Crippen LogP contribution in [0.2, 0.25) is 0 Å². The van der Waals surface area contributed by atoms with Crippen molar-refractivity contribution in [3.63, 3.8) is 0 Å². The van der Waals surface area contributed by atoms with E-state index in [0.717, 1.165) is 32.6 Å². The Balaban J connectivity index is 2.43. The molecule has 0 bridgehead atoms. The highest BCUT2D eigenvalue weighted by Crippen LogP contribution is 2.16. The first-order chi connectivity index (χ1) is 7.59. The van der Waals surface area contributed by atoms with Crippen molar-refractivity contribution in [1.29, 1.82) is 0 Å². The summed E-state index contributed by atoms with van der Waals surface area (Å²) in [5.74, 6) is 0.183. The molecule has 0 spiro atoms. The Morgan fingerprint density at radius 1 is 1.38 bits per heavy atom. The van der Waals surface area contributed by atoms with Crippen LogP contribution in [0.4, 0.5) is 0 Å². The van der Waals surface area contributed by atoms with Gasteiger partial charge in [-0.1, -0.05) is 6.92 Å². The molecule has 0 aliphatic carbocycles. The maximum absolute atomic E-state index is 12.1. The van der Waals surface area contributed by atoms with Crippen LogP contribution in [-0.2, 0) is 9.53 Å². The Labute approximate surface area is 98.3 Å². The van der Waals surface area contributed by atoms with Crippen LogP contribution in [0.1, 0.15) is 27.2 Å². The smallest absolute Gasteiger partial charge is 0.178 e. The number of piperazine rings is 1. The molecule has 1 heterocycles. The summed E-state index contributed by atoms with van der Waals surface area (Å²) in [6.07, 6.45) is 0.960. The van der Waals surface area contributed by atoms with Gasteiger partial charge >= 0.3 is 0 Å². The third kappa shape index (κ3) is 3.54. The van der Waals surface area contributed by atoms with Crippen LogP contribution in [0.3, 0.4) is 0 Å². The van der Waals surface area contributed by atoms with Crippen molar-refractivity contribution in [1.82, 2.24) is 10.2 Å². The number of hydrogen-bond donors (Lipinski definition) is 1. The number of Topliss-reactive ketones (excluding diaryl/α,β-unsaturated/α-hetero) is 1. The van der Waals surface area contributed by atoms with Gasteiger partial charge in [-0.3, -0.25) is 9.69 Å². The van der Waals surface area contributed by atoms with Gasteiger partial charge in [-0.15, -0.1) is 0 Å². The molecule has 1 aliphatic rings. The molecule has 0 atom stereocenters. The largest absolute Gasteiger partial charge is 0.374 e. The lowest BCUT2D eigenvalue weighted by Gasteiger charge is -2.39. The molecule has 1 saturated heterocycles. The van der Waals surface area contributed by atoms with E-state index in [9.17, 15) is 4.79 Å². The lowest BCUT2D eigenvalue weighted by molar-refractivity contribution is -0.134. The Hall–Kier alpha value is -0.450. The third-order valence-corrected chi connectivity index (χ3v) is 3.17. The maximum atomic E-state index is 12.1. The number of hydrogen-bond acceptors (Lipinski definition) is 4. The normalized spacial score (nSPS) is 18.7. The van der Waals surface area contributed by atoms with E-state index in [4.69, 9.17) is 4.74 Å². The molecule has 4 nitrogen and oxygen atoms in total. The second-order valence-corrected chi connectivity index (χ2v) is 4.77. The quantitative estimate of drug-likeness (QED) is 0.678. The number of nitrogens with one attached hydrogen (secondary N) is 1. The molecule has 0 aromatic heterocycles. The molecular weight excluding hydrogens is 204 g/mol. The molecule has 0 aromatic rings. The van der Waals surface area contributed by atoms with Crippen molar-refractivity contribution < 1.29 is 9.53 Å². The minimum Gasteiger partial charge on any atom is -0.374 e. The molecule has 1 aliphatic heterocycles. The fourth-order valence-electron chi connectivity index (χ4n) is 1.89. The van der Waals surface area contributed by atoms with E-state index < -0.39 is 5.54 Å². The van der Waals surface area contributed by atoms with Gasteiger partial charge in [0.25, 0.3) is 0 Å². The molecule has 16 heavy (non-hydrogen) atoms. The van der Waals surface area contributed by atoms with Gasteiger partial charge in [-0.2, -0.15) is 0 Å². The van der Waals surface area contributed by atoms with Crippen molar-refractivity contribution in [2.24, 2.45) is 0 Å².